The molecule has 1 heterocycles. The van der Waals surface area contributed by atoms with Crippen molar-refractivity contribution >= 4 is 0 Å². The van der Waals surface area contributed by atoms with E-state index in [0.29, 0.717) is 18.3 Å². The lowest BCUT2D eigenvalue weighted by Crippen LogP contribution is -2.16. The molecule has 0 aliphatic heterocycles. The highest BCUT2D eigenvalue weighted by molar-refractivity contribution is 5.22. The van der Waals surface area contributed by atoms with Crippen LogP contribution in [-0.2, 0) is 9.47 Å². The average Bonchev–Trinajstić information content (AvgIpc) is 2.91. The first-order valence-electron chi connectivity index (χ1n) is 5.92. The van der Waals surface area contributed by atoms with Crippen LogP contribution in [0, 0.1) is 0 Å². The summed E-state index contributed by atoms with van der Waals surface area (Å²) in [6.07, 6.45) is -0.367. The highest BCUT2D eigenvalue weighted by Crippen LogP contribution is 2.23. The van der Waals surface area contributed by atoms with E-state index in [1.54, 1.807) is 14.2 Å². The van der Waals surface area contributed by atoms with Gasteiger partial charge in [0.25, 0.3) is 0 Å². The molecule has 1 aromatic carbocycles. The largest absolute Gasteiger partial charge is 0.383 e. The van der Waals surface area contributed by atoms with Crippen LogP contribution in [0.1, 0.15) is 29.4 Å². The van der Waals surface area contributed by atoms with Gasteiger partial charge in [0.15, 0.2) is 0 Å². The summed E-state index contributed by atoms with van der Waals surface area (Å²) in [5, 5.41) is 3.92. The zero-order valence-corrected chi connectivity index (χ0v) is 10.9. The molecule has 0 radical (unpaired) electrons. The Bertz CT molecular complexity index is 501. The van der Waals surface area contributed by atoms with E-state index in [-0.39, 0.29) is 6.10 Å². The summed E-state index contributed by atoms with van der Waals surface area (Å²) in [5.74, 6) is 0.796. The minimum Gasteiger partial charge on any atom is -0.383 e. The standard InChI is InChI=1S/C13H17N3O3/c1-17-8-10(14)13-15-12(16-19-13)11(18-2)9-6-4-3-5-7-9/h3-7,10-11H,8,14H2,1-2H3. The molecule has 6 heteroatoms. The lowest BCUT2D eigenvalue weighted by Gasteiger charge is -2.11. The minimum absolute atomic E-state index is 0.324. The van der Waals surface area contributed by atoms with Crippen molar-refractivity contribution in [2.45, 2.75) is 12.1 Å². The smallest absolute Gasteiger partial charge is 0.246 e. The molecule has 0 fully saturated rings. The molecule has 2 N–H and O–H groups in total. The van der Waals surface area contributed by atoms with Gasteiger partial charge >= 0.3 is 0 Å². The highest BCUT2D eigenvalue weighted by atomic mass is 16.5. The topological polar surface area (TPSA) is 83.4 Å². The molecule has 2 aromatic rings. The molecule has 1 aromatic heterocycles. The molecule has 0 bridgehead atoms. The van der Waals surface area contributed by atoms with E-state index in [1.165, 1.54) is 0 Å². The van der Waals surface area contributed by atoms with Crippen LogP contribution in [0.4, 0.5) is 0 Å². The van der Waals surface area contributed by atoms with Crippen molar-refractivity contribution in [1.82, 2.24) is 10.1 Å². The second kappa shape index (κ2) is 6.42. The van der Waals surface area contributed by atoms with Crippen LogP contribution in [0.15, 0.2) is 34.9 Å². The molecule has 2 rings (SSSR count). The number of hydrogen-bond donors (Lipinski definition) is 1. The summed E-state index contributed by atoms with van der Waals surface area (Å²) in [6.45, 7) is 0.324. The van der Waals surface area contributed by atoms with Crippen LogP contribution in [0.25, 0.3) is 0 Å². The van der Waals surface area contributed by atoms with Crippen molar-refractivity contribution in [3.8, 4) is 0 Å². The number of hydrogen-bond acceptors (Lipinski definition) is 6. The van der Waals surface area contributed by atoms with Gasteiger partial charge in [0, 0.05) is 14.2 Å². The van der Waals surface area contributed by atoms with Gasteiger partial charge in [0.2, 0.25) is 11.7 Å². The molecule has 19 heavy (non-hydrogen) atoms. The predicted molar refractivity (Wildman–Crippen MR) is 68.4 cm³/mol. The molecule has 2 atom stereocenters. The van der Waals surface area contributed by atoms with Crippen LogP contribution >= 0.6 is 0 Å². The molecule has 0 aliphatic rings. The van der Waals surface area contributed by atoms with Crippen LogP contribution in [0.2, 0.25) is 0 Å². The second-order valence-corrected chi connectivity index (χ2v) is 4.08. The number of ether oxygens (including phenoxy) is 2. The summed E-state index contributed by atoms with van der Waals surface area (Å²) in [6, 6.07) is 9.25. The maximum absolute atomic E-state index is 5.84. The summed E-state index contributed by atoms with van der Waals surface area (Å²) >= 11 is 0. The van der Waals surface area contributed by atoms with E-state index in [4.69, 9.17) is 19.7 Å². The third kappa shape index (κ3) is 3.17. The molecule has 6 nitrogen and oxygen atoms in total. The number of benzene rings is 1. The zero-order valence-electron chi connectivity index (χ0n) is 10.9. The van der Waals surface area contributed by atoms with Gasteiger partial charge in [-0.15, -0.1) is 0 Å². The number of rotatable bonds is 6. The highest BCUT2D eigenvalue weighted by Gasteiger charge is 2.22. The Hall–Kier alpha value is -1.76. The molecular weight excluding hydrogens is 246 g/mol. The van der Waals surface area contributed by atoms with E-state index in [1.807, 2.05) is 30.3 Å². The maximum Gasteiger partial charge on any atom is 0.246 e. The number of aromatic nitrogens is 2. The van der Waals surface area contributed by atoms with Crippen LogP contribution in [-0.4, -0.2) is 31.0 Å². The second-order valence-electron chi connectivity index (χ2n) is 4.08. The Morgan fingerprint density at radius 2 is 2.00 bits per heavy atom. The molecule has 0 amide bonds. The van der Waals surface area contributed by atoms with E-state index in [9.17, 15) is 0 Å². The van der Waals surface area contributed by atoms with E-state index < -0.39 is 6.04 Å². The Labute approximate surface area is 111 Å². The zero-order chi connectivity index (χ0) is 13.7. The molecule has 0 saturated heterocycles. The molecular formula is C13H17N3O3. The van der Waals surface area contributed by atoms with Crippen molar-refractivity contribution < 1.29 is 14.0 Å². The lowest BCUT2D eigenvalue weighted by molar-refractivity contribution is 0.126. The maximum atomic E-state index is 5.84. The average molecular weight is 263 g/mol. The third-order valence-electron chi connectivity index (χ3n) is 2.69. The van der Waals surface area contributed by atoms with Gasteiger partial charge in [-0.1, -0.05) is 35.5 Å². The normalized spacial score (nSPS) is 14.3. The van der Waals surface area contributed by atoms with Crippen molar-refractivity contribution in [3.05, 3.63) is 47.6 Å². The van der Waals surface area contributed by atoms with Crippen molar-refractivity contribution in [3.63, 3.8) is 0 Å². The summed E-state index contributed by atoms with van der Waals surface area (Å²) in [5.41, 5.74) is 6.79. The van der Waals surface area contributed by atoms with Gasteiger partial charge in [0.1, 0.15) is 12.1 Å². The quantitative estimate of drug-likeness (QED) is 0.849. The van der Waals surface area contributed by atoms with Gasteiger partial charge in [-0.05, 0) is 5.56 Å². The summed E-state index contributed by atoms with van der Waals surface area (Å²) in [4.78, 5) is 4.27. The first kappa shape index (κ1) is 13.7. The fourth-order valence-electron chi connectivity index (χ4n) is 1.77. The number of nitrogens with two attached hydrogens (primary N) is 1. The lowest BCUT2D eigenvalue weighted by atomic mass is 10.1. The molecule has 2 unspecified atom stereocenters. The first-order valence-corrected chi connectivity index (χ1v) is 5.92. The van der Waals surface area contributed by atoms with E-state index in [0.717, 1.165) is 5.56 Å². The summed E-state index contributed by atoms with van der Waals surface area (Å²) in [7, 11) is 3.17. The minimum atomic E-state index is -0.431. The predicted octanol–water partition coefficient (Wildman–Crippen LogP) is 1.45. The SMILES string of the molecule is COCC(N)c1nc(C(OC)c2ccccc2)no1. The van der Waals surface area contributed by atoms with Crippen LogP contribution in [0.5, 0.6) is 0 Å². The van der Waals surface area contributed by atoms with Gasteiger partial charge in [-0.25, -0.2) is 0 Å². The van der Waals surface area contributed by atoms with Gasteiger partial charge < -0.3 is 19.7 Å². The molecule has 0 saturated carbocycles. The van der Waals surface area contributed by atoms with Crippen molar-refractivity contribution in [2.24, 2.45) is 5.73 Å². The van der Waals surface area contributed by atoms with Crippen molar-refractivity contribution in [1.29, 1.82) is 0 Å². The van der Waals surface area contributed by atoms with Gasteiger partial charge in [0.05, 0.1) is 6.61 Å². The van der Waals surface area contributed by atoms with Gasteiger partial charge in [-0.2, -0.15) is 4.98 Å². The Kier molecular flexibility index (Phi) is 4.62. The van der Waals surface area contributed by atoms with E-state index in [2.05, 4.69) is 10.1 Å². The number of nitrogens with zero attached hydrogens (tertiary/aromatic N) is 2. The molecule has 0 spiro atoms. The van der Waals surface area contributed by atoms with E-state index >= 15 is 0 Å². The first-order chi connectivity index (χ1) is 9.26. The Balaban J connectivity index is 2.21. The molecule has 0 aliphatic carbocycles. The van der Waals surface area contributed by atoms with Crippen LogP contribution < -0.4 is 5.73 Å². The molecule has 102 valence electrons. The van der Waals surface area contributed by atoms with Gasteiger partial charge in [-0.3, -0.25) is 0 Å². The Morgan fingerprint density at radius 3 is 2.63 bits per heavy atom. The summed E-state index contributed by atoms with van der Waals surface area (Å²) < 4.78 is 15.5. The third-order valence-corrected chi connectivity index (χ3v) is 2.69. The fraction of sp³-hybridized carbons (Fsp3) is 0.385. The van der Waals surface area contributed by atoms with Crippen molar-refractivity contribution in [2.75, 3.05) is 20.8 Å². The van der Waals surface area contributed by atoms with Crippen LogP contribution in [0.3, 0.4) is 0 Å². The Morgan fingerprint density at radius 1 is 1.26 bits per heavy atom. The number of methoxy groups -OCH3 is 2. The monoisotopic (exact) mass is 263 g/mol. The fourth-order valence-corrected chi connectivity index (χ4v) is 1.77.